The second-order valence-electron chi connectivity index (χ2n) is 4.09. The smallest absolute Gasteiger partial charge is 0.155 e. The second-order valence-corrected chi connectivity index (χ2v) is 4.09. The first-order chi connectivity index (χ1) is 4.77. The third-order valence-corrected chi connectivity index (χ3v) is 1.17. The van der Waals surface area contributed by atoms with Crippen molar-refractivity contribution in [3.05, 3.63) is 4.91 Å². The van der Waals surface area contributed by atoms with Gasteiger partial charge in [-0.25, -0.2) is 0 Å². The van der Waals surface area contributed by atoms with Crippen LogP contribution >= 0.6 is 0 Å². The fourth-order valence-electron chi connectivity index (χ4n) is 1.23. The minimum absolute atomic E-state index is 0.339. The lowest BCUT2D eigenvalue weighted by Crippen LogP contribution is -2.40. The van der Waals surface area contributed by atoms with Gasteiger partial charge in [-0.3, -0.25) is 0 Å². The highest BCUT2D eigenvalue weighted by Gasteiger charge is 2.28. The largest absolute Gasteiger partial charge is 0.358 e. The Hall–Kier alpha value is -0.640. The van der Waals surface area contributed by atoms with Crippen LogP contribution in [0.2, 0.25) is 0 Å². The third kappa shape index (κ3) is 5.79. The summed E-state index contributed by atoms with van der Waals surface area (Å²) in [5, 5.41) is 2.39. The van der Waals surface area contributed by atoms with Crippen molar-refractivity contribution in [3.63, 3.8) is 0 Å². The first-order valence-corrected chi connectivity index (χ1v) is 3.57. The maximum atomic E-state index is 9.79. The van der Waals surface area contributed by atoms with Crippen LogP contribution in [0.25, 0.3) is 0 Å². The molecule has 0 radical (unpaired) electrons. The fraction of sp³-hybridized carbons (Fsp3) is 1.00. The molecular weight excluding hydrogens is 144 g/mol. The van der Waals surface area contributed by atoms with E-state index in [0.29, 0.717) is 6.42 Å². The van der Waals surface area contributed by atoms with E-state index in [9.17, 15) is 4.91 Å². The normalized spacial score (nSPS) is 12.8. The molecule has 0 unspecified atom stereocenters. The summed E-state index contributed by atoms with van der Waals surface area (Å²) < 4.78 is 0. The molecule has 2 N–H and O–H groups in total. The van der Waals surface area contributed by atoms with Gasteiger partial charge in [0.05, 0.1) is 0 Å². The van der Waals surface area contributed by atoms with Gasteiger partial charge in [0.1, 0.15) is 5.60 Å². The van der Waals surface area contributed by atoms with Crippen molar-refractivity contribution in [2.45, 2.75) is 45.3 Å². The van der Waals surface area contributed by atoms with E-state index in [1.165, 1.54) is 0 Å². The number of hydrogen-bond donors (Lipinski definition) is 1. The molecule has 0 fully saturated rings. The van der Waals surface area contributed by atoms with E-state index in [4.69, 9.17) is 5.73 Å². The number of hydrogen-bond acceptors (Lipinski definition) is 4. The molecule has 11 heavy (non-hydrogen) atoms. The van der Waals surface area contributed by atoms with Gasteiger partial charge < -0.3 is 10.6 Å². The van der Waals surface area contributed by atoms with Crippen molar-refractivity contribution in [2.75, 3.05) is 0 Å². The van der Waals surface area contributed by atoms with E-state index in [1.807, 2.05) is 13.8 Å². The van der Waals surface area contributed by atoms with Crippen LogP contribution in [0.1, 0.15) is 34.1 Å². The molecule has 0 rings (SSSR count). The standard InChI is InChI=1S/C7H16N2O2/c1-6(2,8)5-7(3,4)11-9-10/h5,8H2,1-4H3. The molecular formula is C7H16N2O2. The topological polar surface area (TPSA) is 64.7 Å². The third-order valence-electron chi connectivity index (χ3n) is 1.17. The van der Waals surface area contributed by atoms with Crippen molar-refractivity contribution < 1.29 is 4.84 Å². The highest BCUT2D eigenvalue weighted by atomic mass is 16.7. The molecule has 4 nitrogen and oxygen atoms in total. The van der Waals surface area contributed by atoms with Gasteiger partial charge in [-0.2, -0.15) is 0 Å². The van der Waals surface area contributed by atoms with Crippen molar-refractivity contribution in [3.8, 4) is 0 Å². The predicted octanol–water partition coefficient (Wildman–Crippen LogP) is 1.59. The van der Waals surface area contributed by atoms with Crippen LogP contribution in [0, 0.1) is 4.91 Å². The van der Waals surface area contributed by atoms with Gasteiger partial charge in [0.25, 0.3) is 0 Å². The summed E-state index contributed by atoms with van der Waals surface area (Å²) in [5.74, 6) is 0. The van der Waals surface area contributed by atoms with E-state index >= 15 is 0 Å². The summed E-state index contributed by atoms with van der Waals surface area (Å²) in [6.07, 6.45) is 0.589. The van der Waals surface area contributed by atoms with Crippen LogP contribution in [-0.4, -0.2) is 11.1 Å². The molecule has 0 spiro atoms. The van der Waals surface area contributed by atoms with Gasteiger partial charge in [-0.05, 0) is 27.7 Å². The summed E-state index contributed by atoms with van der Waals surface area (Å²) in [4.78, 5) is 14.4. The first kappa shape index (κ1) is 10.4. The van der Waals surface area contributed by atoms with Crippen LogP contribution < -0.4 is 5.73 Å². The first-order valence-electron chi connectivity index (χ1n) is 3.57. The van der Waals surface area contributed by atoms with Gasteiger partial charge in [0, 0.05) is 12.0 Å². The maximum absolute atomic E-state index is 9.79. The van der Waals surface area contributed by atoms with Crippen molar-refractivity contribution in [1.82, 2.24) is 0 Å². The monoisotopic (exact) mass is 160 g/mol. The summed E-state index contributed by atoms with van der Waals surface area (Å²) in [6, 6.07) is 0. The highest BCUT2D eigenvalue weighted by molar-refractivity contribution is 4.82. The SMILES string of the molecule is CC(C)(N)CC(C)(C)ON=O. The molecule has 4 heteroatoms. The van der Waals surface area contributed by atoms with E-state index in [-0.39, 0.29) is 5.54 Å². The van der Waals surface area contributed by atoms with Crippen LogP contribution in [0.3, 0.4) is 0 Å². The zero-order valence-corrected chi connectivity index (χ0v) is 7.55. The van der Waals surface area contributed by atoms with E-state index < -0.39 is 5.60 Å². The molecule has 0 heterocycles. The minimum atomic E-state index is -0.569. The fourth-order valence-corrected chi connectivity index (χ4v) is 1.23. The Morgan fingerprint density at radius 1 is 1.36 bits per heavy atom. The molecule has 0 aliphatic carbocycles. The lowest BCUT2D eigenvalue weighted by molar-refractivity contribution is -0.0347. The summed E-state index contributed by atoms with van der Waals surface area (Å²) in [6.45, 7) is 7.32. The predicted molar refractivity (Wildman–Crippen MR) is 43.8 cm³/mol. The number of nitrogens with two attached hydrogens (primary N) is 1. The zero-order chi connectivity index (χ0) is 9.12. The zero-order valence-electron chi connectivity index (χ0n) is 7.55. The van der Waals surface area contributed by atoms with Gasteiger partial charge in [-0.15, -0.1) is 4.91 Å². The summed E-state index contributed by atoms with van der Waals surface area (Å²) in [7, 11) is 0. The molecule has 0 aromatic rings. The van der Waals surface area contributed by atoms with Crippen molar-refractivity contribution in [1.29, 1.82) is 0 Å². The summed E-state index contributed by atoms with van der Waals surface area (Å²) >= 11 is 0. The van der Waals surface area contributed by atoms with Crippen LogP contribution in [0.5, 0.6) is 0 Å². The van der Waals surface area contributed by atoms with Gasteiger partial charge in [0.15, 0.2) is 5.34 Å². The minimum Gasteiger partial charge on any atom is -0.358 e. The van der Waals surface area contributed by atoms with Crippen molar-refractivity contribution in [2.24, 2.45) is 11.1 Å². The molecule has 0 bridgehead atoms. The molecule has 0 amide bonds. The Morgan fingerprint density at radius 3 is 2.09 bits per heavy atom. The Kier molecular flexibility index (Phi) is 2.99. The molecule has 0 saturated carbocycles. The average Bonchev–Trinajstić information content (AvgIpc) is 1.55. The Balaban J connectivity index is 4.00. The molecule has 0 aromatic heterocycles. The lowest BCUT2D eigenvalue weighted by Gasteiger charge is -2.28. The van der Waals surface area contributed by atoms with Gasteiger partial charge in [-0.1, -0.05) is 0 Å². The van der Waals surface area contributed by atoms with Crippen LogP contribution in [0.15, 0.2) is 5.34 Å². The molecule has 0 atom stereocenters. The molecule has 0 aliphatic heterocycles. The molecule has 0 aromatic carbocycles. The van der Waals surface area contributed by atoms with Gasteiger partial charge >= 0.3 is 0 Å². The highest BCUT2D eigenvalue weighted by Crippen LogP contribution is 2.21. The quantitative estimate of drug-likeness (QED) is 0.501. The van der Waals surface area contributed by atoms with Crippen LogP contribution in [0.4, 0.5) is 0 Å². The van der Waals surface area contributed by atoms with E-state index in [0.717, 1.165) is 0 Å². The number of rotatable bonds is 4. The maximum Gasteiger partial charge on any atom is 0.155 e. The Morgan fingerprint density at radius 2 is 1.82 bits per heavy atom. The molecule has 66 valence electrons. The Bertz CT molecular complexity index is 138. The van der Waals surface area contributed by atoms with Gasteiger partial charge in [0.2, 0.25) is 0 Å². The van der Waals surface area contributed by atoms with E-state index in [2.05, 4.69) is 10.2 Å². The average molecular weight is 160 g/mol. The lowest BCUT2D eigenvalue weighted by atomic mass is 9.91. The van der Waals surface area contributed by atoms with Crippen LogP contribution in [-0.2, 0) is 4.84 Å². The summed E-state index contributed by atoms with van der Waals surface area (Å²) in [5.41, 5.74) is 4.82. The van der Waals surface area contributed by atoms with E-state index in [1.54, 1.807) is 13.8 Å². The molecule has 0 aliphatic rings. The van der Waals surface area contributed by atoms with Crippen molar-refractivity contribution >= 4 is 0 Å². The number of nitrogens with zero attached hydrogens (tertiary/aromatic N) is 1. The second kappa shape index (κ2) is 3.17. The molecule has 0 saturated heterocycles. The Labute approximate surface area is 67.0 Å².